The summed E-state index contributed by atoms with van der Waals surface area (Å²) in [5.74, 6) is 2.96. The van der Waals surface area contributed by atoms with Crippen LogP contribution in [0.4, 0.5) is 0 Å². The van der Waals surface area contributed by atoms with Crippen LogP contribution in [0.15, 0.2) is 30.3 Å². The highest BCUT2D eigenvalue weighted by molar-refractivity contribution is 5.22. The van der Waals surface area contributed by atoms with Crippen LogP contribution in [-0.2, 0) is 0 Å². The quantitative estimate of drug-likeness (QED) is 0.737. The third-order valence-corrected chi connectivity index (χ3v) is 1.94. The Balaban J connectivity index is 2.74. The number of rotatable bonds is 3. The van der Waals surface area contributed by atoms with Gasteiger partial charge in [-0.3, -0.25) is 0 Å². The maximum absolute atomic E-state index is 9.49. The predicted octanol–water partition coefficient (Wildman–Crippen LogP) is 1.84. The summed E-state index contributed by atoms with van der Waals surface area (Å²) in [7, 11) is 0. The second-order valence-corrected chi connectivity index (χ2v) is 3.59. The number of aliphatic hydroxyl groups is 1. The summed E-state index contributed by atoms with van der Waals surface area (Å²) in [6.45, 7) is 3.51. The summed E-state index contributed by atoms with van der Waals surface area (Å²) >= 11 is 0. The molecule has 0 saturated carbocycles. The molecule has 0 amide bonds. The molecule has 14 heavy (non-hydrogen) atoms. The molecule has 0 fully saturated rings. The molecule has 1 rings (SSSR count). The average molecular weight is 190 g/mol. The third kappa shape index (κ3) is 2.51. The SMILES string of the molecule is C#CC(O)C(C)(C)Oc1ccccc1. The van der Waals surface area contributed by atoms with Gasteiger partial charge in [0.1, 0.15) is 11.4 Å². The van der Waals surface area contributed by atoms with Crippen LogP contribution < -0.4 is 4.74 Å². The van der Waals surface area contributed by atoms with E-state index in [0.717, 1.165) is 0 Å². The van der Waals surface area contributed by atoms with Gasteiger partial charge in [-0.2, -0.15) is 0 Å². The molecule has 0 aromatic heterocycles. The monoisotopic (exact) mass is 190 g/mol. The molecule has 0 spiro atoms. The largest absolute Gasteiger partial charge is 0.484 e. The van der Waals surface area contributed by atoms with Crippen molar-refractivity contribution in [1.82, 2.24) is 0 Å². The average Bonchev–Trinajstić information content (AvgIpc) is 2.17. The number of hydrogen-bond acceptors (Lipinski definition) is 2. The Morgan fingerprint density at radius 3 is 2.43 bits per heavy atom. The first kappa shape index (κ1) is 10.6. The fourth-order valence-corrected chi connectivity index (χ4v) is 1.05. The van der Waals surface area contributed by atoms with Crippen molar-refractivity contribution < 1.29 is 9.84 Å². The van der Waals surface area contributed by atoms with Crippen molar-refractivity contribution in [2.45, 2.75) is 25.6 Å². The number of para-hydroxylation sites is 1. The lowest BCUT2D eigenvalue weighted by molar-refractivity contribution is 0.00349. The Morgan fingerprint density at radius 1 is 1.36 bits per heavy atom. The molecular formula is C12H14O2. The summed E-state index contributed by atoms with van der Waals surface area (Å²) in [5.41, 5.74) is -0.768. The molecular weight excluding hydrogens is 176 g/mol. The smallest absolute Gasteiger partial charge is 0.153 e. The highest BCUT2D eigenvalue weighted by Gasteiger charge is 2.28. The van der Waals surface area contributed by atoms with Gasteiger partial charge in [-0.25, -0.2) is 0 Å². The Labute approximate surface area is 84.5 Å². The van der Waals surface area contributed by atoms with Crippen molar-refractivity contribution in [1.29, 1.82) is 0 Å². The van der Waals surface area contributed by atoms with Gasteiger partial charge in [-0.05, 0) is 26.0 Å². The minimum absolute atomic E-state index is 0.701. The van der Waals surface area contributed by atoms with Gasteiger partial charge in [0.15, 0.2) is 6.10 Å². The van der Waals surface area contributed by atoms with Crippen LogP contribution in [0.1, 0.15) is 13.8 Å². The highest BCUT2D eigenvalue weighted by Crippen LogP contribution is 2.20. The standard InChI is InChI=1S/C12H14O2/c1-4-11(13)12(2,3)14-10-8-6-5-7-9-10/h1,5-9,11,13H,2-3H3. The van der Waals surface area contributed by atoms with Gasteiger partial charge in [0.05, 0.1) is 0 Å². The van der Waals surface area contributed by atoms with Crippen molar-refractivity contribution in [2.75, 3.05) is 0 Å². The van der Waals surface area contributed by atoms with Gasteiger partial charge in [-0.15, -0.1) is 6.42 Å². The van der Waals surface area contributed by atoms with Crippen molar-refractivity contribution >= 4 is 0 Å². The van der Waals surface area contributed by atoms with E-state index in [1.165, 1.54) is 0 Å². The fourth-order valence-electron chi connectivity index (χ4n) is 1.05. The van der Waals surface area contributed by atoms with Crippen molar-refractivity contribution in [3.63, 3.8) is 0 Å². The molecule has 0 heterocycles. The second kappa shape index (κ2) is 4.17. The number of ether oxygens (including phenoxy) is 1. The van der Waals surface area contributed by atoms with E-state index < -0.39 is 11.7 Å². The molecule has 0 radical (unpaired) electrons. The molecule has 1 aromatic rings. The molecule has 0 aliphatic rings. The Kier molecular flexibility index (Phi) is 3.16. The number of hydrogen-bond donors (Lipinski definition) is 1. The highest BCUT2D eigenvalue weighted by atomic mass is 16.5. The fraction of sp³-hybridized carbons (Fsp3) is 0.333. The van der Waals surface area contributed by atoms with Gasteiger partial charge in [0, 0.05) is 0 Å². The molecule has 1 atom stereocenters. The maximum atomic E-state index is 9.49. The van der Waals surface area contributed by atoms with E-state index in [0.29, 0.717) is 5.75 Å². The lowest BCUT2D eigenvalue weighted by Gasteiger charge is -2.28. The zero-order chi connectivity index (χ0) is 10.6. The van der Waals surface area contributed by atoms with Crippen molar-refractivity contribution in [2.24, 2.45) is 0 Å². The van der Waals surface area contributed by atoms with Gasteiger partial charge in [-0.1, -0.05) is 24.1 Å². The van der Waals surface area contributed by atoms with Crippen LogP contribution in [0.25, 0.3) is 0 Å². The van der Waals surface area contributed by atoms with E-state index >= 15 is 0 Å². The Morgan fingerprint density at radius 2 is 1.93 bits per heavy atom. The molecule has 0 saturated heterocycles. The number of benzene rings is 1. The van der Waals surface area contributed by atoms with Gasteiger partial charge in [0.25, 0.3) is 0 Å². The Bertz CT molecular complexity index is 322. The summed E-state index contributed by atoms with van der Waals surface area (Å²) < 4.78 is 5.56. The van der Waals surface area contributed by atoms with Gasteiger partial charge < -0.3 is 9.84 Å². The first-order valence-electron chi connectivity index (χ1n) is 4.44. The lowest BCUT2D eigenvalue weighted by Crippen LogP contribution is -2.40. The molecule has 1 unspecified atom stereocenters. The van der Waals surface area contributed by atoms with E-state index in [1.807, 2.05) is 30.3 Å². The second-order valence-electron chi connectivity index (χ2n) is 3.59. The van der Waals surface area contributed by atoms with E-state index in [2.05, 4.69) is 5.92 Å². The summed E-state index contributed by atoms with van der Waals surface area (Å²) in [4.78, 5) is 0. The molecule has 74 valence electrons. The van der Waals surface area contributed by atoms with Crippen LogP contribution >= 0.6 is 0 Å². The molecule has 2 nitrogen and oxygen atoms in total. The Hall–Kier alpha value is -1.46. The van der Waals surface area contributed by atoms with E-state index in [-0.39, 0.29) is 0 Å². The van der Waals surface area contributed by atoms with Crippen LogP contribution in [0, 0.1) is 12.3 Å². The molecule has 0 bridgehead atoms. The topological polar surface area (TPSA) is 29.5 Å². The minimum atomic E-state index is -0.914. The number of terminal acetylenes is 1. The summed E-state index contributed by atoms with van der Waals surface area (Å²) in [6, 6.07) is 9.29. The molecule has 0 aliphatic heterocycles. The lowest BCUT2D eigenvalue weighted by atomic mass is 10.0. The third-order valence-electron chi connectivity index (χ3n) is 1.94. The van der Waals surface area contributed by atoms with Crippen LogP contribution in [0.2, 0.25) is 0 Å². The van der Waals surface area contributed by atoms with Crippen LogP contribution in [0.5, 0.6) is 5.75 Å². The normalized spacial score (nSPS) is 13.0. The van der Waals surface area contributed by atoms with Gasteiger partial charge >= 0.3 is 0 Å². The van der Waals surface area contributed by atoms with E-state index in [1.54, 1.807) is 13.8 Å². The summed E-state index contributed by atoms with van der Waals surface area (Å²) in [5, 5.41) is 9.49. The predicted molar refractivity (Wildman–Crippen MR) is 56.0 cm³/mol. The zero-order valence-electron chi connectivity index (χ0n) is 8.40. The molecule has 1 aromatic carbocycles. The summed E-state index contributed by atoms with van der Waals surface area (Å²) in [6.07, 6.45) is 4.22. The maximum Gasteiger partial charge on any atom is 0.153 e. The van der Waals surface area contributed by atoms with E-state index in [4.69, 9.17) is 11.2 Å². The first-order chi connectivity index (χ1) is 6.56. The number of aliphatic hydroxyl groups excluding tert-OH is 1. The molecule has 0 aliphatic carbocycles. The van der Waals surface area contributed by atoms with Crippen LogP contribution in [0.3, 0.4) is 0 Å². The van der Waals surface area contributed by atoms with Crippen molar-refractivity contribution in [3.05, 3.63) is 30.3 Å². The zero-order valence-corrected chi connectivity index (χ0v) is 8.40. The van der Waals surface area contributed by atoms with Crippen LogP contribution in [-0.4, -0.2) is 16.8 Å². The van der Waals surface area contributed by atoms with E-state index in [9.17, 15) is 5.11 Å². The molecule has 2 heteroatoms. The van der Waals surface area contributed by atoms with Crippen molar-refractivity contribution in [3.8, 4) is 18.1 Å². The molecule has 1 N–H and O–H groups in total. The van der Waals surface area contributed by atoms with Gasteiger partial charge in [0.2, 0.25) is 0 Å². The minimum Gasteiger partial charge on any atom is -0.484 e. The first-order valence-corrected chi connectivity index (χ1v) is 4.44.